The first-order chi connectivity index (χ1) is 12.5. The van der Waals surface area contributed by atoms with Crippen LogP contribution in [-0.4, -0.2) is 21.9 Å². The average Bonchev–Trinajstić information content (AvgIpc) is 2.58. The van der Waals surface area contributed by atoms with E-state index in [1.807, 2.05) is 0 Å². The van der Waals surface area contributed by atoms with Crippen LogP contribution in [0.15, 0.2) is 12.1 Å². The van der Waals surface area contributed by atoms with Gasteiger partial charge >= 0.3 is 5.97 Å². The van der Waals surface area contributed by atoms with Crippen molar-refractivity contribution in [2.45, 2.75) is 0 Å². The maximum Gasteiger partial charge on any atom is 0.338 e. The van der Waals surface area contributed by atoms with Crippen LogP contribution in [-0.2, 0) is 0 Å². The monoisotopic (exact) mass is 490 g/mol. The summed E-state index contributed by atoms with van der Waals surface area (Å²) in [6.45, 7) is 0. The quantitative estimate of drug-likeness (QED) is 0.220. The highest BCUT2D eigenvalue weighted by Gasteiger charge is 2.29. The minimum atomic E-state index is -1.58. The second kappa shape index (κ2) is 8.26. The van der Waals surface area contributed by atoms with E-state index in [4.69, 9.17) is 69.6 Å². The molecule has 13 heteroatoms. The number of benzene rings is 2. The molecule has 0 atom stereocenters. The van der Waals surface area contributed by atoms with E-state index in [1.165, 1.54) is 0 Å². The molecular formula is C14H4Cl6N2O5. The molecule has 0 fully saturated rings. The number of halogens is 6. The molecule has 142 valence electrons. The first kappa shape index (κ1) is 21.8. The van der Waals surface area contributed by atoms with Crippen molar-refractivity contribution >= 4 is 92.9 Å². The lowest BCUT2D eigenvalue weighted by Crippen LogP contribution is -2.18. The van der Waals surface area contributed by atoms with Gasteiger partial charge in [-0.2, -0.15) is 0 Å². The van der Waals surface area contributed by atoms with Gasteiger partial charge in [-0.1, -0.05) is 69.6 Å². The Balaban J connectivity index is 2.59. The topological polar surface area (TPSA) is 110 Å². The highest BCUT2D eigenvalue weighted by molar-refractivity contribution is 6.54. The predicted octanol–water partition coefficient (Wildman–Crippen LogP) is 6.47. The van der Waals surface area contributed by atoms with Crippen molar-refractivity contribution < 1.29 is 19.6 Å². The lowest BCUT2D eigenvalue weighted by Gasteiger charge is -2.14. The van der Waals surface area contributed by atoms with Crippen molar-refractivity contribution in [3.05, 3.63) is 63.5 Å². The molecule has 2 aromatic rings. The summed E-state index contributed by atoms with van der Waals surface area (Å²) in [7, 11) is 0. The third-order valence-corrected chi connectivity index (χ3v) is 5.61. The number of carboxylic acids is 1. The smallest absolute Gasteiger partial charge is 0.338 e. The Labute approximate surface area is 180 Å². The van der Waals surface area contributed by atoms with Crippen molar-refractivity contribution in [2.24, 2.45) is 0 Å². The molecule has 0 spiro atoms. The van der Waals surface area contributed by atoms with Crippen LogP contribution in [0.3, 0.4) is 0 Å². The average molecular weight is 493 g/mol. The minimum Gasteiger partial charge on any atom is -0.478 e. The van der Waals surface area contributed by atoms with Gasteiger partial charge in [0.1, 0.15) is 5.02 Å². The van der Waals surface area contributed by atoms with Crippen molar-refractivity contribution in [1.82, 2.24) is 0 Å². The second-order valence-corrected chi connectivity index (χ2v) is 7.13. The summed E-state index contributed by atoms with van der Waals surface area (Å²) in [6.07, 6.45) is 0. The van der Waals surface area contributed by atoms with E-state index in [9.17, 15) is 24.8 Å². The Morgan fingerprint density at radius 2 is 1.41 bits per heavy atom. The molecular weight excluding hydrogens is 489 g/mol. The minimum absolute atomic E-state index is 0.133. The van der Waals surface area contributed by atoms with Crippen molar-refractivity contribution in [3.63, 3.8) is 0 Å². The molecule has 0 radical (unpaired) electrons. The maximum atomic E-state index is 12.6. The number of carbonyl (C=O) groups excluding carboxylic acids is 1. The van der Waals surface area contributed by atoms with Gasteiger partial charge in [-0.15, -0.1) is 0 Å². The molecule has 0 aliphatic heterocycles. The third-order valence-electron chi connectivity index (χ3n) is 3.19. The first-order valence-corrected chi connectivity index (χ1v) is 8.78. The molecule has 0 bridgehead atoms. The zero-order chi connectivity index (χ0) is 20.6. The molecule has 1 amide bonds. The molecule has 0 unspecified atom stereocenters. The van der Waals surface area contributed by atoms with E-state index < -0.39 is 43.7 Å². The van der Waals surface area contributed by atoms with Crippen LogP contribution < -0.4 is 5.32 Å². The van der Waals surface area contributed by atoms with E-state index in [1.54, 1.807) is 0 Å². The highest BCUT2D eigenvalue weighted by atomic mass is 35.5. The summed E-state index contributed by atoms with van der Waals surface area (Å²) in [4.78, 5) is 34.2. The molecule has 0 saturated heterocycles. The molecule has 0 heterocycles. The summed E-state index contributed by atoms with van der Waals surface area (Å²) in [5, 5.41) is 20.3. The van der Waals surface area contributed by atoms with Gasteiger partial charge in [-0.25, -0.2) is 4.79 Å². The molecule has 2 aromatic carbocycles. The number of hydrogen-bond donors (Lipinski definition) is 2. The number of hydrogen-bond acceptors (Lipinski definition) is 4. The Morgan fingerprint density at radius 3 is 1.89 bits per heavy atom. The zero-order valence-corrected chi connectivity index (χ0v) is 17.0. The van der Waals surface area contributed by atoms with Crippen LogP contribution in [0.4, 0.5) is 11.4 Å². The van der Waals surface area contributed by atoms with Crippen LogP contribution in [0.25, 0.3) is 0 Å². The lowest BCUT2D eigenvalue weighted by molar-refractivity contribution is -0.384. The molecule has 2 N–H and O–H groups in total. The molecule has 7 nitrogen and oxygen atoms in total. The second-order valence-electron chi connectivity index (χ2n) is 4.81. The summed E-state index contributed by atoms with van der Waals surface area (Å²) in [5.41, 5.74) is -1.87. The number of nitrogens with one attached hydrogen (secondary N) is 1. The molecule has 27 heavy (non-hydrogen) atoms. The predicted molar refractivity (Wildman–Crippen MR) is 105 cm³/mol. The van der Waals surface area contributed by atoms with Crippen LogP contribution in [0, 0.1) is 10.1 Å². The maximum absolute atomic E-state index is 12.6. The Bertz CT molecular complexity index is 1010. The van der Waals surface area contributed by atoms with Crippen molar-refractivity contribution in [3.8, 4) is 0 Å². The van der Waals surface area contributed by atoms with E-state index in [0.717, 1.165) is 12.1 Å². The van der Waals surface area contributed by atoms with E-state index in [-0.39, 0.29) is 25.8 Å². The molecule has 0 aromatic heterocycles. The van der Waals surface area contributed by atoms with E-state index >= 15 is 0 Å². The summed E-state index contributed by atoms with van der Waals surface area (Å²) in [5.74, 6) is -2.64. The number of nitro benzene ring substituents is 1. The van der Waals surface area contributed by atoms with Crippen molar-refractivity contribution in [2.75, 3.05) is 5.32 Å². The Kier molecular flexibility index (Phi) is 6.68. The fourth-order valence-electron chi connectivity index (χ4n) is 2.00. The summed E-state index contributed by atoms with van der Waals surface area (Å²) in [6, 6.07) is 1.94. The van der Waals surface area contributed by atoms with Crippen molar-refractivity contribution in [1.29, 1.82) is 0 Å². The number of carboxylic acid groups (broad SMARTS) is 1. The van der Waals surface area contributed by atoms with Gasteiger partial charge < -0.3 is 10.4 Å². The van der Waals surface area contributed by atoms with Gasteiger partial charge in [-0.3, -0.25) is 14.9 Å². The number of nitro groups is 1. The number of amides is 1. The number of anilines is 1. The van der Waals surface area contributed by atoms with Gasteiger partial charge in [-0.05, 0) is 6.07 Å². The van der Waals surface area contributed by atoms with Crippen LogP contribution in [0.5, 0.6) is 0 Å². The molecule has 0 aliphatic carbocycles. The number of carbonyl (C=O) groups is 2. The standard InChI is InChI=1S/C14H4Cl6N2O5/c15-3-2-6(22(26)27)4(16)1-5(3)21-13(23)7-8(14(24)25)10(18)12(20)11(19)9(7)17/h1-2H,(H,21,23)(H,24,25). The molecule has 0 saturated carbocycles. The van der Waals surface area contributed by atoms with Gasteiger partial charge in [0.25, 0.3) is 11.6 Å². The van der Waals surface area contributed by atoms with Crippen LogP contribution in [0.1, 0.15) is 20.7 Å². The summed E-state index contributed by atoms with van der Waals surface area (Å²) >= 11 is 35.2. The third kappa shape index (κ3) is 4.18. The van der Waals surface area contributed by atoms with Crippen LogP contribution >= 0.6 is 69.6 Å². The largest absolute Gasteiger partial charge is 0.478 e. The van der Waals surface area contributed by atoms with E-state index in [0.29, 0.717) is 0 Å². The zero-order valence-electron chi connectivity index (χ0n) is 12.4. The fourth-order valence-corrected chi connectivity index (χ4v) is 3.46. The summed E-state index contributed by atoms with van der Waals surface area (Å²) < 4.78 is 0. The molecule has 0 aliphatic rings. The SMILES string of the molecule is O=C(O)c1c(Cl)c(Cl)c(Cl)c(Cl)c1C(=O)Nc1cc(Cl)c([N+](=O)[O-])cc1Cl. The number of aromatic carboxylic acids is 1. The van der Waals surface area contributed by atoms with Crippen LogP contribution in [0.2, 0.25) is 30.1 Å². The fraction of sp³-hybridized carbons (Fsp3) is 0. The molecule has 2 rings (SSSR count). The van der Waals surface area contributed by atoms with Gasteiger partial charge in [0, 0.05) is 6.07 Å². The lowest BCUT2D eigenvalue weighted by atomic mass is 10.1. The van der Waals surface area contributed by atoms with Gasteiger partial charge in [0.15, 0.2) is 0 Å². The van der Waals surface area contributed by atoms with E-state index in [2.05, 4.69) is 5.32 Å². The Hall–Kier alpha value is -1.48. The van der Waals surface area contributed by atoms with Gasteiger partial charge in [0.05, 0.1) is 46.9 Å². The normalized spacial score (nSPS) is 10.6. The van der Waals surface area contributed by atoms with Gasteiger partial charge in [0.2, 0.25) is 0 Å². The first-order valence-electron chi connectivity index (χ1n) is 6.51. The number of rotatable bonds is 4. The highest BCUT2D eigenvalue weighted by Crippen LogP contribution is 2.42. The number of nitrogens with zero attached hydrogens (tertiary/aromatic N) is 1. The Morgan fingerprint density at radius 1 is 0.889 bits per heavy atom.